The van der Waals surface area contributed by atoms with E-state index in [0.29, 0.717) is 22.8 Å². The number of aromatic nitrogens is 4. The fourth-order valence-corrected chi connectivity index (χ4v) is 2.12. The quantitative estimate of drug-likeness (QED) is 0.778. The van der Waals surface area contributed by atoms with E-state index in [1.165, 1.54) is 10.9 Å². The van der Waals surface area contributed by atoms with Crippen molar-refractivity contribution in [3.05, 3.63) is 18.2 Å². The highest BCUT2D eigenvalue weighted by atomic mass is 32.2. The van der Waals surface area contributed by atoms with Gasteiger partial charge < -0.3 is 11.5 Å². The van der Waals surface area contributed by atoms with Crippen molar-refractivity contribution in [2.24, 2.45) is 0 Å². The molecule has 1 aromatic carbocycles. The van der Waals surface area contributed by atoms with E-state index in [2.05, 4.69) is 15.5 Å². The predicted molar refractivity (Wildman–Crippen MR) is 81.0 cm³/mol. The Morgan fingerprint density at radius 3 is 2.52 bits per heavy atom. The number of sulfone groups is 1. The molecule has 1 aromatic heterocycles. The SMILES string of the molecule is CC(C)(Cn1nnnc1-c1ccc(N)cc1N)S(C)(=O)=O. The lowest BCUT2D eigenvalue weighted by atomic mass is 10.1. The van der Waals surface area contributed by atoms with Gasteiger partial charge in [0.15, 0.2) is 15.7 Å². The van der Waals surface area contributed by atoms with Gasteiger partial charge in [-0.25, -0.2) is 13.1 Å². The monoisotopic (exact) mass is 310 g/mol. The molecule has 21 heavy (non-hydrogen) atoms. The summed E-state index contributed by atoms with van der Waals surface area (Å²) >= 11 is 0. The van der Waals surface area contributed by atoms with Gasteiger partial charge in [0.1, 0.15) is 0 Å². The van der Waals surface area contributed by atoms with E-state index in [4.69, 9.17) is 11.5 Å². The Kier molecular flexibility index (Phi) is 3.62. The summed E-state index contributed by atoms with van der Waals surface area (Å²) in [4.78, 5) is 0. The summed E-state index contributed by atoms with van der Waals surface area (Å²) in [5.41, 5.74) is 13.2. The number of nitrogen functional groups attached to an aromatic ring is 2. The molecule has 114 valence electrons. The molecule has 0 aliphatic rings. The first-order valence-corrected chi connectivity index (χ1v) is 8.12. The lowest BCUT2D eigenvalue weighted by Crippen LogP contribution is -2.36. The summed E-state index contributed by atoms with van der Waals surface area (Å²) in [7, 11) is -3.26. The van der Waals surface area contributed by atoms with Crippen LogP contribution in [0.25, 0.3) is 11.4 Å². The highest BCUT2D eigenvalue weighted by Crippen LogP contribution is 2.27. The van der Waals surface area contributed by atoms with Crippen molar-refractivity contribution in [1.82, 2.24) is 20.2 Å². The molecule has 4 N–H and O–H groups in total. The number of hydrogen-bond acceptors (Lipinski definition) is 7. The molecule has 0 bridgehead atoms. The van der Waals surface area contributed by atoms with Crippen molar-refractivity contribution in [2.45, 2.75) is 25.1 Å². The van der Waals surface area contributed by atoms with Crippen LogP contribution in [0.2, 0.25) is 0 Å². The van der Waals surface area contributed by atoms with Crippen molar-refractivity contribution in [3.8, 4) is 11.4 Å². The first kappa shape index (κ1) is 15.2. The van der Waals surface area contributed by atoms with Crippen LogP contribution in [-0.4, -0.2) is 39.6 Å². The van der Waals surface area contributed by atoms with E-state index in [0.717, 1.165) is 0 Å². The third-order valence-electron chi connectivity index (χ3n) is 3.38. The van der Waals surface area contributed by atoms with Crippen LogP contribution in [0.15, 0.2) is 18.2 Å². The summed E-state index contributed by atoms with van der Waals surface area (Å²) in [6, 6.07) is 5.00. The van der Waals surface area contributed by atoms with Crippen LogP contribution in [0.5, 0.6) is 0 Å². The summed E-state index contributed by atoms with van der Waals surface area (Å²) in [5.74, 6) is 0.407. The maximum absolute atomic E-state index is 11.8. The molecular weight excluding hydrogens is 292 g/mol. The van der Waals surface area contributed by atoms with Gasteiger partial charge >= 0.3 is 0 Å². The first-order chi connectivity index (χ1) is 9.62. The Labute approximate surface area is 123 Å². The molecule has 0 atom stereocenters. The maximum Gasteiger partial charge on any atom is 0.184 e. The average Bonchev–Trinajstić information content (AvgIpc) is 2.75. The predicted octanol–water partition coefficient (Wildman–Crippen LogP) is 0.328. The smallest absolute Gasteiger partial charge is 0.184 e. The molecule has 9 heteroatoms. The molecule has 0 saturated heterocycles. The van der Waals surface area contributed by atoms with Gasteiger partial charge in [-0.1, -0.05) is 0 Å². The molecule has 0 aliphatic heterocycles. The van der Waals surface area contributed by atoms with Crippen molar-refractivity contribution in [2.75, 3.05) is 17.7 Å². The van der Waals surface area contributed by atoms with Gasteiger partial charge in [0.2, 0.25) is 0 Å². The standard InChI is InChI=1S/C12H18N6O2S/c1-12(2,21(3,19)20)7-18-11(15-16-17-18)9-5-4-8(13)6-10(9)14/h4-6H,7,13-14H2,1-3H3. The molecule has 0 aliphatic carbocycles. The Bertz CT molecular complexity index is 766. The molecule has 0 amide bonds. The Morgan fingerprint density at radius 1 is 1.29 bits per heavy atom. The zero-order valence-electron chi connectivity index (χ0n) is 12.1. The summed E-state index contributed by atoms with van der Waals surface area (Å²) in [6.07, 6.45) is 1.19. The minimum Gasteiger partial charge on any atom is -0.399 e. The molecule has 2 rings (SSSR count). The Morgan fingerprint density at radius 2 is 1.95 bits per heavy atom. The first-order valence-electron chi connectivity index (χ1n) is 6.23. The van der Waals surface area contributed by atoms with E-state index in [9.17, 15) is 8.42 Å². The summed E-state index contributed by atoms with van der Waals surface area (Å²) in [5, 5.41) is 11.4. The van der Waals surface area contributed by atoms with Crippen LogP contribution >= 0.6 is 0 Å². The second kappa shape index (κ2) is 4.99. The van der Waals surface area contributed by atoms with Gasteiger partial charge in [-0.2, -0.15) is 0 Å². The molecule has 0 unspecified atom stereocenters. The molecule has 0 saturated carbocycles. The molecule has 0 radical (unpaired) electrons. The van der Waals surface area contributed by atoms with Gasteiger partial charge in [-0.15, -0.1) is 5.10 Å². The summed E-state index contributed by atoms with van der Waals surface area (Å²) < 4.78 is 24.1. The zero-order valence-corrected chi connectivity index (χ0v) is 12.9. The van der Waals surface area contributed by atoms with Crippen LogP contribution in [0.4, 0.5) is 11.4 Å². The van der Waals surface area contributed by atoms with Gasteiger partial charge in [0, 0.05) is 23.2 Å². The molecule has 2 aromatic rings. The minimum absolute atomic E-state index is 0.123. The Hall–Kier alpha value is -2.16. The topological polar surface area (TPSA) is 130 Å². The number of anilines is 2. The lowest BCUT2D eigenvalue weighted by Gasteiger charge is -2.22. The van der Waals surface area contributed by atoms with Crippen LogP contribution in [0, 0.1) is 0 Å². The lowest BCUT2D eigenvalue weighted by molar-refractivity contribution is 0.472. The van der Waals surface area contributed by atoms with Gasteiger partial charge in [0.25, 0.3) is 0 Å². The van der Waals surface area contributed by atoms with Crippen molar-refractivity contribution in [1.29, 1.82) is 0 Å². The normalized spacial score (nSPS) is 12.5. The van der Waals surface area contributed by atoms with E-state index in [-0.39, 0.29) is 6.54 Å². The number of tetrazole rings is 1. The van der Waals surface area contributed by atoms with Gasteiger partial charge in [0.05, 0.1) is 11.3 Å². The molecule has 0 spiro atoms. The van der Waals surface area contributed by atoms with E-state index in [1.54, 1.807) is 32.0 Å². The fraction of sp³-hybridized carbons (Fsp3) is 0.417. The van der Waals surface area contributed by atoms with Crippen LogP contribution in [0.1, 0.15) is 13.8 Å². The summed E-state index contributed by atoms with van der Waals surface area (Å²) in [6.45, 7) is 3.37. The third-order valence-corrected chi connectivity index (χ3v) is 5.52. The number of nitrogens with two attached hydrogens (primary N) is 2. The molecular formula is C12H18N6O2S. The van der Waals surface area contributed by atoms with E-state index in [1.807, 2.05) is 0 Å². The van der Waals surface area contributed by atoms with Crippen molar-refractivity contribution < 1.29 is 8.42 Å². The molecule has 1 heterocycles. The zero-order chi connectivity index (χ0) is 15.8. The van der Waals surface area contributed by atoms with Crippen LogP contribution < -0.4 is 11.5 Å². The molecule has 8 nitrogen and oxygen atoms in total. The minimum atomic E-state index is -3.26. The van der Waals surface area contributed by atoms with Gasteiger partial charge in [-0.05, 0) is 42.5 Å². The highest BCUT2D eigenvalue weighted by molar-refractivity contribution is 7.92. The van der Waals surface area contributed by atoms with Crippen LogP contribution in [0.3, 0.4) is 0 Å². The van der Waals surface area contributed by atoms with Crippen molar-refractivity contribution >= 4 is 21.2 Å². The fourth-order valence-electron chi connectivity index (χ4n) is 1.77. The van der Waals surface area contributed by atoms with E-state index >= 15 is 0 Å². The largest absolute Gasteiger partial charge is 0.399 e. The molecule has 0 fully saturated rings. The van der Waals surface area contributed by atoms with Gasteiger partial charge in [-0.3, -0.25) is 0 Å². The number of hydrogen-bond donors (Lipinski definition) is 2. The second-order valence-corrected chi connectivity index (χ2v) is 8.19. The number of nitrogens with zero attached hydrogens (tertiary/aromatic N) is 4. The third kappa shape index (κ3) is 2.97. The average molecular weight is 310 g/mol. The Balaban J connectivity index is 2.44. The second-order valence-electron chi connectivity index (χ2n) is 5.54. The van der Waals surface area contributed by atoms with Crippen LogP contribution in [-0.2, 0) is 16.4 Å². The highest BCUT2D eigenvalue weighted by Gasteiger charge is 2.32. The van der Waals surface area contributed by atoms with E-state index < -0.39 is 14.6 Å². The number of rotatable bonds is 4. The van der Waals surface area contributed by atoms with Crippen molar-refractivity contribution in [3.63, 3.8) is 0 Å². The maximum atomic E-state index is 11.8. The number of benzene rings is 1.